The number of hydrogen-bond acceptors (Lipinski definition) is 4. The summed E-state index contributed by atoms with van der Waals surface area (Å²) in [6.45, 7) is 4.33. The van der Waals surface area contributed by atoms with E-state index in [-0.39, 0.29) is 0 Å². The molecule has 3 rings (SSSR count). The Bertz CT molecular complexity index is 819. The van der Waals surface area contributed by atoms with E-state index in [0.717, 1.165) is 40.2 Å². The van der Waals surface area contributed by atoms with Gasteiger partial charge in [0.2, 0.25) is 0 Å². The molecule has 114 valence electrons. The van der Waals surface area contributed by atoms with Gasteiger partial charge in [-0.15, -0.1) is 11.3 Å². The van der Waals surface area contributed by atoms with Crippen molar-refractivity contribution in [3.05, 3.63) is 41.0 Å². The topological polar surface area (TPSA) is 43.6 Å². The second-order valence-electron chi connectivity index (χ2n) is 5.29. The number of rotatable bonds is 5. The molecule has 0 radical (unpaired) electrons. The van der Waals surface area contributed by atoms with Crippen molar-refractivity contribution in [3.63, 3.8) is 0 Å². The molecule has 0 saturated heterocycles. The molecule has 0 N–H and O–H groups in total. The Morgan fingerprint density at radius 3 is 2.95 bits per heavy atom. The van der Waals surface area contributed by atoms with Crippen molar-refractivity contribution in [3.8, 4) is 17.0 Å². The lowest BCUT2D eigenvalue weighted by atomic mass is 9.94. The third kappa shape index (κ3) is 2.31. The molecule has 0 aliphatic carbocycles. The lowest BCUT2D eigenvalue weighted by Gasteiger charge is -2.15. The number of hydrogen-bond donors (Lipinski definition) is 0. The van der Waals surface area contributed by atoms with Crippen LogP contribution < -0.4 is 4.74 Å². The van der Waals surface area contributed by atoms with Crippen LogP contribution in [0.4, 0.5) is 0 Å². The van der Waals surface area contributed by atoms with Gasteiger partial charge in [-0.25, -0.2) is 4.98 Å². The van der Waals surface area contributed by atoms with Gasteiger partial charge < -0.3 is 4.74 Å². The minimum atomic E-state index is 0.387. The normalized spacial score (nSPS) is 12.5. The third-order valence-corrected chi connectivity index (χ3v) is 4.81. The van der Waals surface area contributed by atoms with E-state index in [1.54, 1.807) is 7.11 Å². The molecule has 22 heavy (non-hydrogen) atoms. The molecule has 4 nitrogen and oxygen atoms in total. The molecule has 1 aromatic carbocycles. The van der Waals surface area contributed by atoms with E-state index < -0.39 is 0 Å². The molecule has 0 bridgehead atoms. The largest absolute Gasteiger partial charge is 0.496 e. The van der Waals surface area contributed by atoms with Gasteiger partial charge >= 0.3 is 0 Å². The minimum Gasteiger partial charge on any atom is -0.496 e. The number of methoxy groups -OCH3 is 1. The molecule has 0 aliphatic heterocycles. The Hall–Kier alpha value is -2.14. The number of aromatic nitrogens is 2. The summed E-state index contributed by atoms with van der Waals surface area (Å²) >= 11 is 1.52. The van der Waals surface area contributed by atoms with Crippen molar-refractivity contribution in [2.24, 2.45) is 0 Å². The van der Waals surface area contributed by atoms with Gasteiger partial charge in [0.05, 0.1) is 7.11 Å². The first-order valence-corrected chi connectivity index (χ1v) is 8.16. The number of carbonyl (C=O) groups excluding carboxylic acids is 1. The Labute approximate surface area is 133 Å². The highest BCUT2D eigenvalue weighted by molar-refractivity contribution is 7.15. The summed E-state index contributed by atoms with van der Waals surface area (Å²) in [5.41, 5.74) is 3.43. The molecule has 0 saturated carbocycles. The van der Waals surface area contributed by atoms with Crippen LogP contribution in [0.15, 0.2) is 29.8 Å². The van der Waals surface area contributed by atoms with Crippen molar-refractivity contribution in [2.45, 2.75) is 26.2 Å². The highest BCUT2D eigenvalue weighted by atomic mass is 32.1. The number of aldehydes is 1. The van der Waals surface area contributed by atoms with Crippen LogP contribution in [0.2, 0.25) is 0 Å². The quantitative estimate of drug-likeness (QED) is 0.656. The summed E-state index contributed by atoms with van der Waals surface area (Å²) in [4.78, 5) is 16.9. The minimum absolute atomic E-state index is 0.387. The number of thiazole rings is 1. The van der Waals surface area contributed by atoms with E-state index in [1.165, 1.54) is 11.3 Å². The number of imidazole rings is 1. The first-order valence-electron chi connectivity index (χ1n) is 7.28. The first kappa shape index (κ1) is 14.8. The SMILES string of the molecule is CCC(C)c1cc(-c2nc3sccn3c2C=O)ccc1OC. The standard InChI is InChI=1S/C17H18N2O2S/c1-4-11(2)13-9-12(5-6-15(13)21-3)16-14(10-20)19-7-8-22-17(19)18-16/h5-11H,4H2,1-3H3. The highest BCUT2D eigenvalue weighted by Gasteiger charge is 2.17. The number of ether oxygens (including phenoxy) is 1. The second-order valence-corrected chi connectivity index (χ2v) is 6.16. The van der Waals surface area contributed by atoms with Crippen molar-refractivity contribution < 1.29 is 9.53 Å². The molecule has 1 unspecified atom stereocenters. The zero-order valence-electron chi connectivity index (χ0n) is 12.9. The monoisotopic (exact) mass is 314 g/mol. The summed E-state index contributed by atoms with van der Waals surface area (Å²) in [6, 6.07) is 6.01. The smallest absolute Gasteiger partial charge is 0.194 e. The molecule has 2 heterocycles. The maximum Gasteiger partial charge on any atom is 0.194 e. The fourth-order valence-electron chi connectivity index (χ4n) is 2.61. The fraction of sp³-hybridized carbons (Fsp3) is 0.294. The van der Waals surface area contributed by atoms with Crippen molar-refractivity contribution in [1.82, 2.24) is 9.38 Å². The van der Waals surface area contributed by atoms with E-state index in [1.807, 2.05) is 28.1 Å². The van der Waals surface area contributed by atoms with E-state index in [0.29, 0.717) is 11.6 Å². The summed E-state index contributed by atoms with van der Waals surface area (Å²) in [7, 11) is 1.68. The van der Waals surface area contributed by atoms with E-state index in [9.17, 15) is 4.79 Å². The average Bonchev–Trinajstić information content (AvgIpc) is 3.13. The van der Waals surface area contributed by atoms with Crippen LogP contribution in [0, 0.1) is 0 Å². The predicted molar refractivity (Wildman–Crippen MR) is 89.2 cm³/mol. The van der Waals surface area contributed by atoms with Gasteiger partial charge in [-0.2, -0.15) is 0 Å². The summed E-state index contributed by atoms with van der Waals surface area (Å²) in [5.74, 6) is 1.27. The molecule has 3 aromatic rings. The van der Waals surface area contributed by atoms with E-state index in [2.05, 4.69) is 24.9 Å². The zero-order valence-corrected chi connectivity index (χ0v) is 13.7. The van der Waals surface area contributed by atoms with Gasteiger partial charge in [-0.3, -0.25) is 9.20 Å². The van der Waals surface area contributed by atoms with Gasteiger partial charge in [0, 0.05) is 17.1 Å². The Kier molecular flexibility index (Phi) is 3.98. The molecule has 0 aliphatic rings. The summed E-state index contributed by atoms with van der Waals surface area (Å²) in [5, 5.41) is 1.93. The predicted octanol–water partition coefficient (Wildman–Crippen LogP) is 4.40. The Morgan fingerprint density at radius 1 is 1.45 bits per heavy atom. The molecule has 0 spiro atoms. The number of carbonyl (C=O) groups is 1. The summed E-state index contributed by atoms with van der Waals surface area (Å²) in [6.07, 6.45) is 3.77. The summed E-state index contributed by atoms with van der Waals surface area (Å²) < 4.78 is 7.30. The fourth-order valence-corrected chi connectivity index (χ4v) is 3.34. The zero-order chi connectivity index (χ0) is 15.7. The van der Waals surface area contributed by atoms with E-state index in [4.69, 9.17) is 4.74 Å². The van der Waals surface area contributed by atoms with Crippen LogP contribution in [0.25, 0.3) is 16.2 Å². The van der Waals surface area contributed by atoms with Gasteiger partial charge in [-0.1, -0.05) is 13.8 Å². The second kappa shape index (κ2) is 5.93. The van der Waals surface area contributed by atoms with Crippen LogP contribution in [0.1, 0.15) is 42.2 Å². The van der Waals surface area contributed by atoms with Gasteiger partial charge in [0.25, 0.3) is 0 Å². The number of fused-ring (bicyclic) bond motifs is 1. The van der Waals surface area contributed by atoms with Crippen LogP contribution in [0.3, 0.4) is 0 Å². The number of nitrogens with zero attached hydrogens (tertiary/aromatic N) is 2. The molecular formula is C17H18N2O2S. The lowest BCUT2D eigenvalue weighted by Crippen LogP contribution is -1.98. The molecule has 0 amide bonds. The molecule has 0 fully saturated rings. The third-order valence-electron chi connectivity index (χ3n) is 4.06. The van der Waals surface area contributed by atoms with Crippen LogP contribution in [-0.2, 0) is 0 Å². The lowest BCUT2D eigenvalue weighted by molar-refractivity contribution is 0.111. The highest BCUT2D eigenvalue weighted by Crippen LogP contribution is 2.34. The van der Waals surface area contributed by atoms with Gasteiger partial charge in [-0.05, 0) is 36.1 Å². The van der Waals surface area contributed by atoms with Crippen molar-refractivity contribution >= 4 is 22.6 Å². The van der Waals surface area contributed by atoms with E-state index >= 15 is 0 Å². The molecule has 5 heteroatoms. The van der Waals surface area contributed by atoms with Crippen LogP contribution in [0.5, 0.6) is 5.75 Å². The Morgan fingerprint density at radius 2 is 2.27 bits per heavy atom. The van der Waals surface area contributed by atoms with Gasteiger partial charge in [0.1, 0.15) is 17.1 Å². The van der Waals surface area contributed by atoms with Crippen molar-refractivity contribution in [1.29, 1.82) is 0 Å². The van der Waals surface area contributed by atoms with Crippen LogP contribution in [-0.4, -0.2) is 22.8 Å². The molecular weight excluding hydrogens is 296 g/mol. The molecule has 1 atom stereocenters. The first-order chi connectivity index (χ1) is 10.7. The van der Waals surface area contributed by atoms with Crippen molar-refractivity contribution in [2.75, 3.05) is 7.11 Å². The van der Waals surface area contributed by atoms with Gasteiger partial charge in [0.15, 0.2) is 11.2 Å². The average molecular weight is 314 g/mol. The maximum absolute atomic E-state index is 11.5. The number of benzene rings is 1. The van der Waals surface area contributed by atoms with Crippen LogP contribution >= 0.6 is 11.3 Å². The Balaban J connectivity index is 2.18. The molecule has 2 aromatic heterocycles. The maximum atomic E-state index is 11.5.